The molecular weight excluding hydrogens is 326 g/mol. The van der Waals surface area contributed by atoms with Crippen LogP contribution >= 0.6 is 0 Å². The maximum absolute atomic E-state index is 2.53. The summed E-state index contributed by atoms with van der Waals surface area (Å²) < 4.78 is 0. The van der Waals surface area contributed by atoms with E-state index in [9.17, 15) is 0 Å². The van der Waals surface area contributed by atoms with E-state index in [0.717, 1.165) is 13.1 Å². The van der Waals surface area contributed by atoms with Gasteiger partial charge in [0, 0.05) is 18.8 Å². The largest absolute Gasteiger partial charge is 0.372 e. The van der Waals surface area contributed by atoms with Gasteiger partial charge in [0.15, 0.2) is 0 Å². The van der Waals surface area contributed by atoms with E-state index >= 15 is 0 Å². The molecule has 3 aromatic carbocycles. The van der Waals surface area contributed by atoms with Crippen LogP contribution in [0.4, 0.5) is 5.69 Å². The standard InChI is InChI=1S/C26H31N/c1-3-5-19-27(20-6-4-2)26-17-14-22(15-18-26)11-12-23-13-16-24-9-7-8-10-25(24)21-23/h7-18,21H,3-6,19-20H2,1-2H3/b12-11+. The van der Waals surface area contributed by atoms with E-state index in [1.54, 1.807) is 0 Å². The van der Waals surface area contributed by atoms with Crippen molar-refractivity contribution in [1.29, 1.82) is 0 Å². The van der Waals surface area contributed by atoms with E-state index < -0.39 is 0 Å². The van der Waals surface area contributed by atoms with Crippen molar-refractivity contribution in [1.82, 2.24) is 0 Å². The van der Waals surface area contributed by atoms with E-state index in [4.69, 9.17) is 0 Å². The Kier molecular flexibility index (Phi) is 7.10. The van der Waals surface area contributed by atoms with Crippen molar-refractivity contribution in [2.75, 3.05) is 18.0 Å². The molecule has 0 atom stereocenters. The van der Waals surface area contributed by atoms with Crippen LogP contribution < -0.4 is 4.90 Å². The average Bonchev–Trinajstić information content (AvgIpc) is 2.73. The number of nitrogens with zero attached hydrogens (tertiary/aromatic N) is 1. The van der Waals surface area contributed by atoms with Crippen molar-refractivity contribution in [3.63, 3.8) is 0 Å². The summed E-state index contributed by atoms with van der Waals surface area (Å²) in [7, 11) is 0. The van der Waals surface area contributed by atoms with Crippen molar-refractivity contribution in [2.45, 2.75) is 39.5 Å². The highest BCUT2D eigenvalue weighted by Crippen LogP contribution is 2.20. The van der Waals surface area contributed by atoms with Gasteiger partial charge in [-0.2, -0.15) is 0 Å². The average molecular weight is 358 g/mol. The summed E-state index contributed by atoms with van der Waals surface area (Å²) in [6.07, 6.45) is 9.41. The fourth-order valence-corrected chi connectivity index (χ4v) is 3.37. The quantitative estimate of drug-likeness (QED) is 0.360. The van der Waals surface area contributed by atoms with Crippen LogP contribution in [0.25, 0.3) is 22.9 Å². The fourth-order valence-electron chi connectivity index (χ4n) is 3.37. The zero-order valence-electron chi connectivity index (χ0n) is 16.7. The van der Waals surface area contributed by atoms with E-state index in [1.807, 2.05) is 0 Å². The van der Waals surface area contributed by atoms with Crippen molar-refractivity contribution in [2.24, 2.45) is 0 Å². The number of hydrogen-bond donors (Lipinski definition) is 0. The first-order chi connectivity index (χ1) is 13.3. The highest BCUT2D eigenvalue weighted by molar-refractivity contribution is 5.86. The van der Waals surface area contributed by atoms with Crippen LogP contribution in [0.3, 0.4) is 0 Å². The van der Waals surface area contributed by atoms with Gasteiger partial charge in [0.05, 0.1) is 0 Å². The highest BCUT2D eigenvalue weighted by Gasteiger charge is 2.05. The molecule has 0 fully saturated rings. The molecule has 0 aromatic heterocycles. The van der Waals surface area contributed by atoms with Crippen molar-refractivity contribution >= 4 is 28.6 Å². The molecule has 140 valence electrons. The molecule has 3 rings (SSSR count). The lowest BCUT2D eigenvalue weighted by Crippen LogP contribution is -2.25. The molecule has 0 aliphatic carbocycles. The summed E-state index contributed by atoms with van der Waals surface area (Å²) in [4.78, 5) is 2.53. The highest BCUT2D eigenvalue weighted by atomic mass is 15.1. The molecule has 0 N–H and O–H groups in total. The van der Waals surface area contributed by atoms with Crippen LogP contribution in [-0.4, -0.2) is 13.1 Å². The Bertz CT molecular complexity index is 853. The third kappa shape index (κ3) is 5.47. The summed E-state index contributed by atoms with van der Waals surface area (Å²) in [5, 5.41) is 2.58. The maximum Gasteiger partial charge on any atom is 0.0366 e. The predicted octanol–water partition coefficient (Wildman–Crippen LogP) is 7.42. The van der Waals surface area contributed by atoms with Gasteiger partial charge in [0.25, 0.3) is 0 Å². The number of fused-ring (bicyclic) bond motifs is 1. The van der Waals surface area contributed by atoms with Gasteiger partial charge in [-0.25, -0.2) is 0 Å². The molecular formula is C26H31N. The van der Waals surface area contributed by atoms with Gasteiger partial charge < -0.3 is 4.90 Å². The third-order valence-electron chi connectivity index (χ3n) is 5.06. The summed E-state index contributed by atoms with van der Waals surface area (Å²) >= 11 is 0. The molecule has 0 bridgehead atoms. The second-order valence-corrected chi connectivity index (χ2v) is 7.23. The lowest BCUT2D eigenvalue weighted by molar-refractivity contribution is 0.678. The van der Waals surface area contributed by atoms with Crippen molar-refractivity contribution in [3.8, 4) is 0 Å². The van der Waals surface area contributed by atoms with Gasteiger partial charge in [-0.1, -0.05) is 87.4 Å². The second kappa shape index (κ2) is 9.97. The second-order valence-electron chi connectivity index (χ2n) is 7.23. The lowest BCUT2D eigenvalue weighted by atomic mass is 10.1. The van der Waals surface area contributed by atoms with Gasteiger partial charge in [-0.3, -0.25) is 0 Å². The molecule has 0 heterocycles. The van der Waals surface area contributed by atoms with Crippen LogP contribution in [0.5, 0.6) is 0 Å². The zero-order chi connectivity index (χ0) is 18.9. The molecule has 0 saturated carbocycles. The third-order valence-corrected chi connectivity index (χ3v) is 5.06. The van der Waals surface area contributed by atoms with Gasteiger partial charge in [-0.15, -0.1) is 0 Å². The summed E-state index contributed by atoms with van der Waals surface area (Å²) in [6, 6.07) is 24.1. The van der Waals surface area contributed by atoms with Crippen molar-refractivity contribution in [3.05, 3.63) is 77.9 Å². The Balaban J connectivity index is 1.70. The molecule has 0 unspecified atom stereocenters. The first-order valence-electron chi connectivity index (χ1n) is 10.3. The topological polar surface area (TPSA) is 3.24 Å². The van der Waals surface area contributed by atoms with Crippen LogP contribution in [0.2, 0.25) is 0 Å². The molecule has 0 amide bonds. The Labute approximate surface area is 164 Å². The predicted molar refractivity (Wildman–Crippen MR) is 121 cm³/mol. The SMILES string of the molecule is CCCCN(CCCC)c1ccc(/C=C/c2ccc3ccccc3c2)cc1. The molecule has 1 nitrogen and oxygen atoms in total. The van der Waals surface area contributed by atoms with Crippen LogP contribution in [0.1, 0.15) is 50.7 Å². The number of hydrogen-bond acceptors (Lipinski definition) is 1. The van der Waals surface area contributed by atoms with Gasteiger partial charge in [-0.05, 0) is 52.9 Å². The van der Waals surface area contributed by atoms with E-state index in [2.05, 4.69) is 97.6 Å². The fraction of sp³-hybridized carbons (Fsp3) is 0.308. The molecule has 3 aromatic rings. The zero-order valence-corrected chi connectivity index (χ0v) is 16.7. The number of benzene rings is 3. The van der Waals surface area contributed by atoms with E-state index in [-0.39, 0.29) is 0 Å². The Morgan fingerprint density at radius 3 is 1.93 bits per heavy atom. The maximum atomic E-state index is 2.53. The van der Waals surface area contributed by atoms with Gasteiger partial charge in [0.2, 0.25) is 0 Å². The summed E-state index contributed by atoms with van der Waals surface area (Å²) in [5.41, 5.74) is 3.84. The lowest BCUT2D eigenvalue weighted by Gasteiger charge is -2.24. The molecule has 0 spiro atoms. The molecule has 0 aliphatic heterocycles. The minimum absolute atomic E-state index is 1.16. The monoisotopic (exact) mass is 357 g/mol. The summed E-state index contributed by atoms with van der Waals surface area (Å²) in [5.74, 6) is 0. The van der Waals surface area contributed by atoms with Crippen molar-refractivity contribution < 1.29 is 0 Å². The van der Waals surface area contributed by atoms with Crippen LogP contribution in [-0.2, 0) is 0 Å². The first kappa shape index (κ1) is 19.2. The molecule has 0 radical (unpaired) electrons. The van der Waals surface area contributed by atoms with Crippen LogP contribution in [0, 0.1) is 0 Å². The van der Waals surface area contributed by atoms with E-state index in [1.165, 1.54) is 53.3 Å². The smallest absolute Gasteiger partial charge is 0.0366 e. The van der Waals surface area contributed by atoms with Gasteiger partial charge in [0.1, 0.15) is 0 Å². The molecule has 0 saturated heterocycles. The molecule has 1 heteroatoms. The van der Waals surface area contributed by atoms with Crippen LogP contribution in [0.15, 0.2) is 66.7 Å². The number of unbranched alkanes of at least 4 members (excludes halogenated alkanes) is 2. The molecule has 27 heavy (non-hydrogen) atoms. The Morgan fingerprint density at radius 2 is 1.26 bits per heavy atom. The van der Waals surface area contributed by atoms with E-state index in [0.29, 0.717) is 0 Å². The number of anilines is 1. The summed E-state index contributed by atoms with van der Waals surface area (Å²) in [6.45, 7) is 6.84. The molecule has 0 aliphatic rings. The Morgan fingerprint density at radius 1 is 0.667 bits per heavy atom. The Hall–Kier alpha value is -2.54. The number of rotatable bonds is 9. The van der Waals surface area contributed by atoms with Gasteiger partial charge >= 0.3 is 0 Å². The first-order valence-corrected chi connectivity index (χ1v) is 10.3. The normalized spacial score (nSPS) is 11.3. The minimum atomic E-state index is 1.16. The minimum Gasteiger partial charge on any atom is -0.372 e.